The third-order valence-electron chi connectivity index (χ3n) is 7.02. The monoisotopic (exact) mass is 616 g/mol. The van der Waals surface area contributed by atoms with Gasteiger partial charge in [0.25, 0.3) is 5.91 Å². The number of hydrogen-bond acceptors (Lipinski definition) is 7. The number of carbonyl (C=O) groups is 3. The quantitative estimate of drug-likeness (QED) is 0.152. The fourth-order valence-electron chi connectivity index (χ4n) is 5.09. The number of hydroxylamine groups is 1. The first-order valence-electron chi connectivity index (χ1n) is 12.7. The third kappa shape index (κ3) is 4.85. The number of methoxy groups -OCH3 is 1. The number of ether oxygens (including phenoxy) is 2. The van der Waals surface area contributed by atoms with E-state index in [9.17, 15) is 18.8 Å². The average molecular weight is 617 g/mol. The molecule has 0 spiro atoms. The summed E-state index contributed by atoms with van der Waals surface area (Å²) in [5.74, 6) is -2.49. The van der Waals surface area contributed by atoms with Gasteiger partial charge in [-0.25, -0.2) is 19.1 Å². The van der Waals surface area contributed by atoms with E-state index in [4.69, 9.17) is 14.3 Å². The Morgan fingerprint density at radius 2 is 1.56 bits per heavy atom. The summed E-state index contributed by atoms with van der Waals surface area (Å²) in [7, 11) is 1.43. The zero-order valence-corrected chi connectivity index (χ0v) is 23.2. The number of hydrogen-bond donors (Lipinski definition) is 0. The number of amides is 2. The number of rotatable bonds is 6. The van der Waals surface area contributed by atoms with Gasteiger partial charge in [0.2, 0.25) is 5.91 Å². The standard InChI is InChI=1S/C31H22BrFN2O6/c1-39-25-17-19(9-16-24(25)40-31(38)18-7-12-21(33)13-8-18)27-26-28(41-35(27)23-5-3-2-4-6-23)30(37)34(29(26)36)22-14-10-20(32)11-15-22/h2-17,26-28H,1H3/t26-,27+,28+/m1/s1. The van der Waals surface area contributed by atoms with E-state index < -0.39 is 41.7 Å². The molecule has 206 valence electrons. The van der Waals surface area contributed by atoms with Gasteiger partial charge in [-0.15, -0.1) is 0 Å². The molecule has 10 heteroatoms. The Hall–Kier alpha value is -4.54. The molecule has 41 heavy (non-hydrogen) atoms. The normalized spacial score (nSPS) is 19.8. The van der Waals surface area contributed by atoms with Crippen molar-refractivity contribution >= 4 is 45.1 Å². The van der Waals surface area contributed by atoms with Crippen molar-refractivity contribution in [2.45, 2.75) is 12.1 Å². The predicted octanol–water partition coefficient (Wildman–Crippen LogP) is 5.87. The lowest BCUT2D eigenvalue weighted by Crippen LogP contribution is -2.37. The van der Waals surface area contributed by atoms with Crippen LogP contribution in [0.2, 0.25) is 0 Å². The van der Waals surface area contributed by atoms with E-state index >= 15 is 0 Å². The van der Waals surface area contributed by atoms with Crippen molar-refractivity contribution in [1.82, 2.24) is 0 Å². The highest BCUT2D eigenvalue weighted by Crippen LogP contribution is 2.48. The molecule has 0 aromatic heterocycles. The lowest BCUT2D eigenvalue weighted by molar-refractivity contribution is -0.126. The number of carbonyl (C=O) groups excluding carboxylic acids is 3. The second-order valence-corrected chi connectivity index (χ2v) is 10.4. The van der Waals surface area contributed by atoms with Crippen molar-refractivity contribution in [3.8, 4) is 11.5 Å². The Morgan fingerprint density at radius 1 is 0.854 bits per heavy atom. The van der Waals surface area contributed by atoms with Gasteiger partial charge in [0, 0.05) is 4.47 Å². The van der Waals surface area contributed by atoms with Gasteiger partial charge in [-0.3, -0.25) is 14.4 Å². The molecule has 2 heterocycles. The van der Waals surface area contributed by atoms with Crippen LogP contribution in [0.25, 0.3) is 0 Å². The van der Waals surface area contributed by atoms with Gasteiger partial charge in [0.15, 0.2) is 17.6 Å². The second kappa shape index (κ2) is 10.8. The summed E-state index contributed by atoms with van der Waals surface area (Å²) in [5, 5.41) is 1.57. The van der Waals surface area contributed by atoms with E-state index in [0.717, 1.165) is 9.37 Å². The van der Waals surface area contributed by atoms with Gasteiger partial charge in [-0.05, 0) is 78.4 Å². The predicted molar refractivity (Wildman–Crippen MR) is 151 cm³/mol. The number of fused-ring (bicyclic) bond motifs is 1. The van der Waals surface area contributed by atoms with Gasteiger partial charge >= 0.3 is 5.97 Å². The van der Waals surface area contributed by atoms with Gasteiger partial charge in [-0.2, -0.15) is 0 Å². The maximum absolute atomic E-state index is 13.9. The number of benzene rings is 4. The highest BCUT2D eigenvalue weighted by atomic mass is 79.9. The molecule has 0 saturated carbocycles. The number of halogens is 2. The van der Waals surface area contributed by atoms with Crippen LogP contribution in [0.15, 0.2) is 102 Å². The Labute approximate surface area is 242 Å². The van der Waals surface area contributed by atoms with Crippen molar-refractivity contribution < 1.29 is 33.1 Å². The first-order chi connectivity index (χ1) is 19.9. The molecule has 2 aliphatic heterocycles. The largest absolute Gasteiger partial charge is 0.493 e. The molecule has 4 aromatic carbocycles. The molecule has 0 bridgehead atoms. The Balaban J connectivity index is 1.36. The maximum Gasteiger partial charge on any atom is 0.343 e. The smallest absolute Gasteiger partial charge is 0.343 e. The fraction of sp³-hybridized carbons (Fsp3) is 0.129. The van der Waals surface area contributed by atoms with E-state index in [0.29, 0.717) is 16.9 Å². The highest BCUT2D eigenvalue weighted by molar-refractivity contribution is 9.10. The van der Waals surface area contributed by atoms with E-state index in [-0.39, 0.29) is 17.1 Å². The van der Waals surface area contributed by atoms with Crippen LogP contribution in [-0.2, 0) is 14.4 Å². The minimum absolute atomic E-state index is 0.137. The molecule has 2 fully saturated rings. The van der Waals surface area contributed by atoms with Gasteiger partial charge in [-0.1, -0.05) is 40.2 Å². The van der Waals surface area contributed by atoms with Gasteiger partial charge in [0.1, 0.15) is 11.7 Å². The van der Waals surface area contributed by atoms with Gasteiger partial charge < -0.3 is 9.47 Å². The van der Waals surface area contributed by atoms with Crippen molar-refractivity contribution in [3.05, 3.63) is 118 Å². The molecule has 3 atom stereocenters. The van der Waals surface area contributed by atoms with Crippen LogP contribution >= 0.6 is 15.9 Å². The van der Waals surface area contributed by atoms with E-state index in [1.165, 1.54) is 31.4 Å². The van der Waals surface area contributed by atoms with Crippen molar-refractivity contribution in [3.63, 3.8) is 0 Å². The zero-order chi connectivity index (χ0) is 28.7. The minimum Gasteiger partial charge on any atom is -0.493 e. The zero-order valence-electron chi connectivity index (χ0n) is 21.6. The molecule has 0 N–H and O–H groups in total. The van der Waals surface area contributed by atoms with Crippen LogP contribution in [0.5, 0.6) is 11.5 Å². The number of nitrogens with zero attached hydrogens (tertiary/aromatic N) is 2. The van der Waals surface area contributed by atoms with Crippen molar-refractivity contribution in [2.24, 2.45) is 5.92 Å². The minimum atomic E-state index is -1.04. The van der Waals surface area contributed by atoms with E-state index in [1.54, 1.807) is 47.5 Å². The maximum atomic E-state index is 13.9. The molecule has 6 rings (SSSR count). The number of imide groups is 1. The summed E-state index contributed by atoms with van der Waals surface area (Å²) in [6.07, 6.45) is -1.04. The summed E-state index contributed by atoms with van der Waals surface area (Å²) < 4.78 is 25.2. The first kappa shape index (κ1) is 26.7. The van der Waals surface area contributed by atoms with Crippen LogP contribution in [0.3, 0.4) is 0 Å². The highest BCUT2D eigenvalue weighted by Gasteiger charge is 2.60. The van der Waals surface area contributed by atoms with E-state index in [2.05, 4.69) is 15.9 Å². The summed E-state index contributed by atoms with van der Waals surface area (Å²) in [6, 6.07) is 25.3. The number of anilines is 2. The molecule has 0 radical (unpaired) electrons. The third-order valence-corrected chi connectivity index (χ3v) is 7.55. The second-order valence-electron chi connectivity index (χ2n) is 9.45. The molecular weight excluding hydrogens is 595 g/mol. The lowest BCUT2D eigenvalue weighted by atomic mass is 9.90. The molecule has 2 saturated heterocycles. The topological polar surface area (TPSA) is 85.4 Å². The van der Waals surface area contributed by atoms with Crippen LogP contribution in [-0.4, -0.2) is 31.0 Å². The molecule has 2 aliphatic rings. The first-order valence-corrected chi connectivity index (χ1v) is 13.4. The van der Waals surface area contributed by atoms with Crippen LogP contribution < -0.4 is 19.4 Å². The van der Waals surface area contributed by atoms with Crippen molar-refractivity contribution in [1.29, 1.82) is 0 Å². The van der Waals surface area contributed by atoms with Crippen LogP contribution in [0, 0.1) is 11.7 Å². The molecule has 0 aliphatic carbocycles. The van der Waals surface area contributed by atoms with Crippen LogP contribution in [0.4, 0.5) is 15.8 Å². The van der Waals surface area contributed by atoms with Crippen LogP contribution in [0.1, 0.15) is 22.0 Å². The lowest BCUT2D eigenvalue weighted by Gasteiger charge is -2.29. The Kier molecular flexibility index (Phi) is 7.02. The number of para-hydroxylation sites is 1. The van der Waals surface area contributed by atoms with E-state index in [1.807, 2.05) is 30.3 Å². The summed E-state index contributed by atoms with van der Waals surface area (Å²) in [4.78, 5) is 47.4. The summed E-state index contributed by atoms with van der Waals surface area (Å²) >= 11 is 3.38. The number of esters is 1. The molecule has 2 amide bonds. The fourth-order valence-corrected chi connectivity index (χ4v) is 5.36. The molecule has 8 nitrogen and oxygen atoms in total. The van der Waals surface area contributed by atoms with Crippen molar-refractivity contribution in [2.75, 3.05) is 17.1 Å². The average Bonchev–Trinajstić information content (AvgIpc) is 3.50. The summed E-state index contributed by atoms with van der Waals surface area (Å²) in [5.41, 5.74) is 1.89. The molecule has 4 aromatic rings. The summed E-state index contributed by atoms with van der Waals surface area (Å²) in [6.45, 7) is 0. The van der Waals surface area contributed by atoms with Gasteiger partial charge in [0.05, 0.1) is 30.1 Å². The Bertz CT molecular complexity index is 1630. The Morgan fingerprint density at radius 3 is 2.24 bits per heavy atom. The molecule has 0 unspecified atom stereocenters. The molecular formula is C31H22BrFN2O6. The SMILES string of the molecule is COc1cc([C@H]2[C@H]3C(=O)N(c4ccc(Br)cc4)C(=O)[C@H]3ON2c2ccccc2)ccc1OC(=O)c1ccc(F)cc1.